The van der Waals surface area contributed by atoms with Crippen LogP contribution < -0.4 is 10.1 Å². The minimum Gasteiger partial charge on any atom is -0.497 e. The largest absolute Gasteiger partial charge is 0.497 e. The van der Waals surface area contributed by atoms with Gasteiger partial charge in [0.1, 0.15) is 11.5 Å². The average molecular weight is 355 g/mol. The van der Waals surface area contributed by atoms with Crippen molar-refractivity contribution in [1.29, 1.82) is 0 Å². The van der Waals surface area contributed by atoms with Crippen LogP contribution in [0.15, 0.2) is 28.9 Å². The fraction of sp³-hybridized carbons (Fsp3) is 0.400. The summed E-state index contributed by atoms with van der Waals surface area (Å²) < 4.78 is 12.6. The molecule has 3 rings (SSSR count). The number of fused-ring (bicyclic) bond motifs is 1. The first-order valence-corrected chi connectivity index (χ1v) is 8.72. The molecule has 3 aromatic rings. The normalized spacial score (nSPS) is 12.3. The lowest BCUT2D eigenvalue weighted by Crippen LogP contribution is -2.35. The number of aryl methyl sites for hydroxylation is 3. The Balaban J connectivity index is 1.71. The SMILES string of the molecule is COc1ccc2c(c1)c(CC(C)NC(=O)Cc1c(C)noc1C)cn2C. The van der Waals surface area contributed by atoms with Crippen molar-refractivity contribution in [2.24, 2.45) is 7.05 Å². The first kappa shape index (κ1) is 18.0. The Morgan fingerprint density at radius 2 is 2.15 bits per heavy atom. The van der Waals surface area contributed by atoms with Crippen molar-refractivity contribution in [2.45, 2.75) is 39.7 Å². The van der Waals surface area contributed by atoms with Gasteiger partial charge in [-0.25, -0.2) is 0 Å². The van der Waals surface area contributed by atoms with Crippen LogP contribution in [0.4, 0.5) is 0 Å². The number of nitrogens with one attached hydrogen (secondary N) is 1. The van der Waals surface area contributed by atoms with E-state index in [1.54, 1.807) is 7.11 Å². The Labute approximate surface area is 153 Å². The first-order chi connectivity index (χ1) is 12.4. The molecule has 0 spiro atoms. The molecule has 6 heteroatoms. The molecule has 0 aliphatic rings. The molecule has 1 aromatic carbocycles. The molecule has 6 nitrogen and oxygen atoms in total. The van der Waals surface area contributed by atoms with Crippen LogP contribution in [-0.4, -0.2) is 28.8 Å². The van der Waals surface area contributed by atoms with Crippen molar-refractivity contribution in [2.75, 3.05) is 7.11 Å². The molecule has 1 atom stereocenters. The summed E-state index contributed by atoms with van der Waals surface area (Å²) in [6, 6.07) is 6.07. The number of carbonyl (C=O) groups excluding carboxylic acids is 1. The second-order valence-corrected chi connectivity index (χ2v) is 6.80. The van der Waals surface area contributed by atoms with Gasteiger partial charge in [-0.2, -0.15) is 0 Å². The molecule has 1 amide bonds. The summed E-state index contributed by atoms with van der Waals surface area (Å²) in [5.74, 6) is 1.51. The van der Waals surface area contributed by atoms with Crippen LogP contribution in [0, 0.1) is 13.8 Å². The van der Waals surface area contributed by atoms with E-state index in [1.807, 2.05) is 40.0 Å². The molecule has 2 aromatic heterocycles. The highest BCUT2D eigenvalue weighted by atomic mass is 16.5. The maximum atomic E-state index is 12.4. The highest BCUT2D eigenvalue weighted by Crippen LogP contribution is 2.26. The van der Waals surface area contributed by atoms with Crippen molar-refractivity contribution in [3.63, 3.8) is 0 Å². The second kappa shape index (κ2) is 7.23. The molecule has 0 aliphatic heterocycles. The number of amides is 1. The number of ether oxygens (including phenoxy) is 1. The van der Waals surface area contributed by atoms with Crippen molar-refractivity contribution in [3.05, 3.63) is 47.0 Å². The number of aromatic nitrogens is 2. The molecule has 2 heterocycles. The molecule has 26 heavy (non-hydrogen) atoms. The van der Waals surface area contributed by atoms with Gasteiger partial charge in [0.25, 0.3) is 0 Å². The van der Waals surface area contributed by atoms with Crippen LogP contribution in [0.2, 0.25) is 0 Å². The zero-order chi connectivity index (χ0) is 18.8. The van der Waals surface area contributed by atoms with E-state index in [1.165, 1.54) is 5.56 Å². The van der Waals surface area contributed by atoms with Gasteiger partial charge in [0.2, 0.25) is 5.91 Å². The first-order valence-electron chi connectivity index (χ1n) is 8.72. The zero-order valence-electron chi connectivity index (χ0n) is 15.9. The van der Waals surface area contributed by atoms with Crippen LogP contribution in [0.5, 0.6) is 5.75 Å². The number of rotatable bonds is 6. The van der Waals surface area contributed by atoms with Gasteiger partial charge in [0.05, 0.1) is 19.2 Å². The molecule has 0 fully saturated rings. The van der Waals surface area contributed by atoms with Crippen LogP contribution in [0.25, 0.3) is 10.9 Å². The smallest absolute Gasteiger partial charge is 0.224 e. The van der Waals surface area contributed by atoms with Crippen molar-refractivity contribution in [1.82, 2.24) is 15.0 Å². The van der Waals surface area contributed by atoms with E-state index in [0.717, 1.165) is 34.3 Å². The highest BCUT2D eigenvalue weighted by molar-refractivity contribution is 5.85. The number of methoxy groups -OCH3 is 1. The van der Waals surface area contributed by atoms with Gasteiger partial charge >= 0.3 is 0 Å². The predicted octanol–water partition coefficient (Wildman–Crippen LogP) is 3.08. The standard InChI is InChI=1S/C20H25N3O3/c1-12(21-20(24)10-17-13(2)22-26-14(17)3)8-15-11-23(4)19-7-6-16(25-5)9-18(15)19/h6-7,9,11-12H,8,10H2,1-5H3,(H,21,24). The Hall–Kier alpha value is -2.76. The summed E-state index contributed by atoms with van der Waals surface area (Å²) in [5, 5.41) is 8.13. The highest BCUT2D eigenvalue weighted by Gasteiger charge is 2.16. The van der Waals surface area contributed by atoms with Crippen LogP contribution in [-0.2, 0) is 24.7 Å². The van der Waals surface area contributed by atoms with Gasteiger partial charge in [-0.15, -0.1) is 0 Å². The van der Waals surface area contributed by atoms with Crippen molar-refractivity contribution in [3.8, 4) is 5.75 Å². The fourth-order valence-electron chi connectivity index (χ4n) is 3.36. The molecule has 0 bridgehead atoms. The molecule has 1 unspecified atom stereocenters. The molecule has 1 N–H and O–H groups in total. The number of benzene rings is 1. The Morgan fingerprint density at radius 3 is 2.81 bits per heavy atom. The summed E-state index contributed by atoms with van der Waals surface area (Å²) in [6.07, 6.45) is 3.15. The summed E-state index contributed by atoms with van der Waals surface area (Å²) in [5.41, 5.74) is 3.97. The van der Waals surface area contributed by atoms with E-state index >= 15 is 0 Å². The van der Waals surface area contributed by atoms with Gasteiger partial charge in [-0.05, 0) is 51.0 Å². The average Bonchev–Trinajstić information content (AvgIpc) is 3.08. The van der Waals surface area contributed by atoms with Crippen LogP contribution in [0.3, 0.4) is 0 Å². The van der Waals surface area contributed by atoms with Gasteiger partial charge in [0, 0.05) is 35.8 Å². The molecule has 0 aliphatic carbocycles. The summed E-state index contributed by atoms with van der Waals surface area (Å²) >= 11 is 0. The van der Waals surface area contributed by atoms with E-state index in [-0.39, 0.29) is 18.4 Å². The van der Waals surface area contributed by atoms with E-state index < -0.39 is 0 Å². The zero-order valence-corrected chi connectivity index (χ0v) is 15.9. The topological polar surface area (TPSA) is 69.3 Å². The lowest BCUT2D eigenvalue weighted by molar-refractivity contribution is -0.121. The predicted molar refractivity (Wildman–Crippen MR) is 100 cm³/mol. The Kier molecular flexibility index (Phi) is 5.02. The number of hydrogen-bond acceptors (Lipinski definition) is 4. The van der Waals surface area contributed by atoms with Gasteiger partial charge in [-0.1, -0.05) is 5.16 Å². The lowest BCUT2D eigenvalue weighted by atomic mass is 10.0. The molecule has 0 saturated carbocycles. The molecular weight excluding hydrogens is 330 g/mol. The van der Waals surface area contributed by atoms with Crippen molar-refractivity contribution >= 4 is 16.8 Å². The van der Waals surface area contributed by atoms with E-state index in [0.29, 0.717) is 5.76 Å². The van der Waals surface area contributed by atoms with Crippen molar-refractivity contribution < 1.29 is 14.1 Å². The quantitative estimate of drug-likeness (QED) is 0.738. The third kappa shape index (κ3) is 3.59. The maximum Gasteiger partial charge on any atom is 0.224 e. The third-order valence-corrected chi connectivity index (χ3v) is 4.73. The number of carbonyl (C=O) groups is 1. The minimum atomic E-state index is -0.0234. The van der Waals surface area contributed by atoms with Gasteiger partial charge in [-0.3, -0.25) is 4.79 Å². The number of nitrogens with zero attached hydrogens (tertiary/aromatic N) is 2. The van der Waals surface area contributed by atoms with E-state index in [4.69, 9.17) is 9.26 Å². The summed E-state index contributed by atoms with van der Waals surface area (Å²) in [4.78, 5) is 12.4. The summed E-state index contributed by atoms with van der Waals surface area (Å²) in [6.45, 7) is 5.70. The van der Waals surface area contributed by atoms with E-state index in [9.17, 15) is 4.79 Å². The molecule has 0 saturated heterocycles. The third-order valence-electron chi connectivity index (χ3n) is 4.73. The summed E-state index contributed by atoms with van der Waals surface area (Å²) in [7, 11) is 3.69. The van der Waals surface area contributed by atoms with Gasteiger partial charge in [0.15, 0.2) is 0 Å². The second-order valence-electron chi connectivity index (χ2n) is 6.80. The fourth-order valence-corrected chi connectivity index (χ4v) is 3.36. The molecule has 138 valence electrons. The maximum absolute atomic E-state index is 12.4. The number of hydrogen-bond donors (Lipinski definition) is 1. The lowest BCUT2D eigenvalue weighted by Gasteiger charge is -2.13. The molecule has 0 radical (unpaired) electrons. The van der Waals surface area contributed by atoms with Crippen LogP contribution in [0.1, 0.15) is 29.5 Å². The van der Waals surface area contributed by atoms with Gasteiger partial charge < -0.3 is 19.1 Å². The Morgan fingerprint density at radius 1 is 1.38 bits per heavy atom. The van der Waals surface area contributed by atoms with Crippen LogP contribution >= 0.6 is 0 Å². The monoisotopic (exact) mass is 355 g/mol. The Bertz CT molecular complexity index is 920. The van der Waals surface area contributed by atoms with E-state index in [2.05, 4.69) is 27.3 Å². The minimum absolute atomic E-state index is 0.0137. The molecular formula is C20H25N3O3.